The maximum Gasteiger partial charge on any atom is 0.335 e. The largest absolute Gasteiger partial charge is 0.478 e. The number of halogens is 1. The summed E-state index contributed by atoms with van der Waals surface area (Å²) in [5.74, 6) is -1.91. The minimum atomic E-state index is -1.36. The van der Waals surface area contributed by atoms with E-state index in [1.165, 1.54) is 6.07 Å². The van der Waals surface area contributed by atoms with Crippen molar-refractivity contribution in [2.24, 2.45) is 0 Å². The molecule has 1 aromatic carbocycles. The molecule has 2 unspecified atom stereocenters. The summed E-state index contributed by atoms with van der Waals surface area (Å²) in [5, 5.41) is 22.6. The smallest absolute Gasteiger partial charge is 0.335 e. The number of hydrogen-bond acceptors (Lipinski definition) is 4. The Morgan fingerprint density at radius 1 is 1.58 bits per heavy atom. The standard InChI is InChI=1S/C13H16FNO4/c1-2-13(18,11-6-19-7-15-11)9-3-8(12(16)17)4-10(14)5-9/h3-5,11,15,18H,2,6-7H2,1H3,(H,16,17). The fourth-order valence-corrected chi connectivity index (χ4v) is 2.32. The van der Waals surface area contributed by atoms with Crippen LogP contribution in [-0.2, 0) is 10.3 Å². The predicted octanol–water partition coefficient (Wildman–Crippen LogP) is 1.07. The van der Waals surface area contributed by atoms with Crippen LogP contribution in [0, 0.1) is 5.82 Å². The number of benzene rings is 1. The molecule has 0 aliphatic carbocycles. The Hall–Kier alpha value is -1.50. The predicted molar refractivity (Wildman–Crippen MR) is 65.3 cm³/mol. The second kappa shape index (κ2) is 5.24. The molecule has 0 radical (unpaired) electrons. The van der Waals surface area contributed by atoms with E-state index in [2.05, 4.69) is 5.32 Å². The van der Waals surface area contributed by atoms with Gasteiger partial charge < -0.3 is 14.9 Å². The third-order valence-electron chi connectivity index (χ3n) is 3.48. The molecular formula is C13H16FNO4. The Bertz CT molecular complexity index is 488. The van der Waals surface area contributed by atoms with Gasteiger partial charge in [-0.25, -0.2) is 9.18 Å². The van der Waals surface area contributed by atoms with Crippen molar-refractivity contribution in [1.82, 2.24) is 5.32 Å². The summed E-state index contributed by atoms with van der Waals surface area (Å²) in [6.45, 7) is 2.36. The van der Waals surface area contributed by atoms with Gasteiger partial charge in [-0.1, -0.05) is 6.92 Å². The second-order valence-corrected chi connectivity index (χ2v) is 4.58. The average Bonchev–Trinajstić information content (AvgIpc) is 2.91. The van der Waals surface area contributed by atoms with Gasteiger partial charge in [-0.05, 0) is 30.2 Å². The fourth-order valence-electron chi connectivity index (χ4n) is 2.32. The van der Waals surface area contributed by atoms with Crippen molar-refractivity contribution >= 4 is 5.97 Å². The topological polar surface area (TPSA) is 78.8 Å². The molecule has 3 N–H and O–H groups in total. The summed E-state index contributed by atoms with van der Waals surface area (Å²) in [4.78, 5) is 11.0. The molecule has 1 saturated heterocycles. The summed E-state index contributed by atoms with van der Waals surface area (Å²) in [7, 11) is 0. The van der Waals surface area contributed by atoms with Crippen molar-refractivity contribution in [1.29, 1.82) is 0 Å². The third kappa shape index (κ3) is 2.60. The van der Waals surface area contributed by atoms with E-state index in [1.54, 1.807) is 6.92 Å². The van der Waals surface area contributed by atoms with Crippen molar-refractivity contribution in [3.05, 3.63) is 35.1 Å². The van der Waals surface area contributed by atoms with Gasteiger partial charge in [-0.2, -0.15) is 0 Å². The van der Waals surface area contributed by atoms with Crippen LogP contribution < -0.4 is 5.32 Å². The quantitative estimate of drug-likeness (QED) is 0.762. The maximum absolute atomic E-state index is 13.5. The summed E-state index contributed by atoms with van der Waals surface area (Å²) in [6.07, 6.45) is 0.316. The van der Waals surface area contributed by atoms with Gasteiger partial charge in [0, 0.05) is 0 Å². The number of rotatable bonds is 4. The van der Waals surface area contributed by atoms with Gasteiger partial charge in [-0.3, -0.25) is 5.32 Å². The van der Waals surface area contributed by atoms with E-state index in [0.29, 0.717) is 19.8 Å². The first-order chi connectivity index (χ1) is 8.97. The first-order valence-corrected chi connectivity index (χ1v) is 6.05. The van der Waals surface area contributed by atoms with Gasteiger partial charge in [0.15, 0.2) is 0 Å². The summed E-state index contributed by atoms with van der Waals surface area (Å²) in [5.41, 5.74) is -1.29. The van der Waals surface area contributed by atoms with Crippen molar-refractivity contribution < 1.29 is 24.1 Å². The Balaban J connectivity index is 2.44. The fraction of sp³-hybridized carbons (Fsp3) is 0.462. The normalized spacial score (nSPS) is 22.2. The highest BCUT2D eigenvalue weighted by atomic mass is 19.1. The molecule has 104 valence electrons. The molecule has 0 saturated carbocycles. The molecular weight excluding hydrogens is 253 g/mol. The molecule has 2 atom stereocenters. The number of aliphatic hydroxyl groups is 1. The van der Waals surface area contributed by atoms with Crippen LogP contribution >= 0.6 is 0 Å². The summed E-state index contributed by atoms with van der Waals surface area (Å²) in [6, 6.07) is 3.01. The SMILES string of the molecule is CCC(O)(c1cc(F)cc(C(=O)O)c1)C1COCN1. The van der Waals surface area contributed by atoms with Crippen LogP contribution in [0.15, 0.2) is 18.2 Å². The van der Waals surface area contributed by atoms with Crippen molar-refractivity contribution in [2.75, 3.05) is 13.3 Å². The van der Waals surface area contributed by atoms with Gasteiger partial charge >= 0.3 is 5.97 Å². The number of nitrogens with one attached hydrogen (secondary N) is 1. The van der Waals surface area contributed by atoms with Crippen LogP contribution in [-0.4, -0.2) is 35.6 Å². The minimum Gasteiger partial charge on any atom is -0.478 e. The molecule has 0 amide bonds. The minimum absolute atomic E-state index is 0.180. The van der Waals surface area contributed by atoms with Crippen molar-refractivity contribution in [3.63, 3.8) is 0 Å². The third-order valence-corrected chi connectivity index (χ3v) is 3.48. The van der Waals surface area contributed by atoms with Crippen molar-refractivity contribution in [2.45, 2.75) is 25.0 Å². The molecule has 1 heterocycles. The molecule has 0 bridgehead atoms. The lowest BCUT2D eigenvalue weighted by Gasteiger charge is -2.33. The summed E-state index contributed by atoms with van der Waals surface area (Å²) < 4.78 is 18.7. The summed E-state index contributed by atoms with van der Waals surface area (Å²) >= 11 is 0. The van der Waals surface area contributed by atoms with E-state index < -0.39 is 17.4 Å². The van der Waals surface area contributed by atoms with Crippen LogP contribution in [0.4, 0.5) is 4.39 Å². The average molecular weight is 269 g/mol. The van der Waals surface area contributed by atoms with E-state index in [0.717, 1.165) is 12.1 Å². The molecule has 5 nitrogen and oxygen atoms in total. The van der Waals surface area contributed by atoms with E-state index in [9.17, 15) is 14.3 Å². The first kappa shape index (κ1) is 13.9. The lowest BCUT2D eigenvalue weighted by atomic mass is 9.83. The van der Waals surface area contributed by atoms with Crippen molar-refractivity contribution in [3.8, 4) is 0 Å². The number of aromatic carboxylic acids is 1. The van der Waals surface area contributed by atoms with Crippen LogP contribution in [0.25, 0.3) is 0 Å². The van der Waals surface area contributed by atoms with Gasteiger partial charge in [0.25, 0.3) is 0 Å². The van der Waals surface area contributed by atoms with Crippen LogP contribution in [0.2, 0.25) is 0 Å². The lowest BCUT2D eigenvalue weighted by Crippen LogP contribution is -2.46. The van der Waals surface area contributed by atoms with Gasteiger partial charge in [0.1, 0.15) is 11.4 Å². The molecule has 0 spiro atoms. The number of carboxylic acids is 1. The highest BCUT2D eigenvalue weighted by Crippen LogP contribution is 2.31. The lowest BCUT2D eigenvalue weighted by molar-refractivity contribution is -0.00446. The Kier molecular flexibility index (Phi) is 3.84. The number of carboxylic acid groups (broad SMARTS) is 1. The zero-order valence-corrected chi connectivity index (χ0v) is 10.5. The Morgan fingerprint density at radius 3 is 2.84 bits per heavy atom. The molecule has 19 heavy (non-hydrogen) atoms. The van der Waals surface area contributed by atoms with Gasteiger partial charge in [0.2, 0.25) is 0 Å². The second-order valence-electron chi connectivity index (χ2n) is 4.58. The van der Waals surface area contributed by atoms with Crippen LogP contribution in [0.3, 0.4) is 0 Å². The van der Waals surface area contributed by atoms with E-state index >= 15 is 0 Å². The molecule has 2 rings (SSSR count). The zero-order valence-electron chi connectivity index (χ0n) is 10.5. The van der Waals surface area contributed by atoms with E-state index in [-0.39, 0.29) is 17.2 Å². The molecule has 1 fully saturated rings. The van der Waals surface area contributed by atoms with Crippen LogP contribution in [0.5, 0.6) is 0 Å². The van der Waals surface area contributed by atoms with E-state index in [1.807, 2.05) is 0 Å². The molecule has 1 aliphatic rings. The molecule has 1 aliphatic heterocycles. The zero-order chi connectivity index (χ0) is 14.0. The number of ether oxygens (including phenoxy) is 1. The first-order valence-electron chi connectivity index (χ1n) is 6.05. The molecule has 6 heteroatoms. The molecule has 0 aromatic heterocycles. The van der Waals surface area contributed by atoms with Crippen LogP contribution in [0.1, 0.15) is 29.3 Å². The highest BCUT2D eigenvalue weighted by Gasteiger charge is 2.39. The maximum atomic E-state index is 13.5. The van der Waals surface area contributed by atoms with Gasteiger partial charge in [-0.15, -0.1) is 0 Å². The Labute approximate surface area is 110 Å². The number of carbonyl (C=O) groups is 1. The van der Waals surface area contributed by atoms with Gasteiger partial charge in [0.05, 0.1) is 24.9 Å². The number of hydrogen-bond donors (Lipinski definition) is 3. The van der Waals surface area contributed by atoms with E-state index in [4.69, 9.17) is 9.84 Å². The monoisotopic (exact) mass is 269 g/mol. The Morgan fingerprint density at radius 2 is 2.32 bits per heavy atom. The highest BCUT2D eigenvalue weighted by molar-refractivity contribution is 5.87. The molecule has 1 aromatic rings.